The quantitative estimate of drug-likeness (QED) is 0.222. The highest BCUT2D eigenvalue weighted by atomic mass is 16.5. The van der Waals surface area contributed by atoms with Crippen LogP contribution in [0.25, 0.3) is 0 Å². The third-order valence-electron chi connectivity index (χ3n) is 6.32. The summed E-state index contributed by atoms with van der Waals surface area (Å²) < 4.78 is 18.0. The van der Waals surface area contributed by atoms with Crippen molar-refractivity contribution < 1.29 is 28.6 Å². The first kappa shape index (κ1) is 28.8. The van der Waals surface area contributed by atoms with Crippen LogP contribution < -0.4 is 30.6 Å². The minimum atomic E-state index is -0.778. The highest BCUT2D eigenvalue weighted by Crippen LogP contribution is 2.28. The summed E-state index contributed by atoms with van der Waals surface area (Å²) >= 11 is 0. The molecule has 4 aromatic rings. The lowest BCUT2D eigenvalue weighted by atomic mass is 10.1. The van der Waals surface area contributed by atoms with Gasteiger partial charge in [-0.2, -0.15) is 0 Å². The van der Waals surface area contributed by atoms with Crippen LogP contribution in [0.1, 0.15) is 37.6 Å². The van der Waals surface area contributed by atoms with E-state index in [2.05, 4.69) is 15.6 Å². The van der Waals surface area contributed by atoms with E-state index in [1.54, 1.807) is 85.6 Å². The number of nitrogens with one attached hydrogen (secondary N) is 2. The highest BCUT2D eigenvalue weighted by Gasteiger charge is 2.20. The maximum absolute atomic E-state index is 13.4. The van der Waals surface area contributed by atoms with E-state index in [1.807, 2.05) is 0 Å². The van der Waals surface area contributed by atoms with E-state index in [9.17, 15) is 14.4 Å². The van der Waals surface area contributed by atoms with Crippen molar-refractivity contribution in [2.24, 2.45) is 12.8 Å². The molecule has 0 spiro atoms. The van der Waals surface area contributed by atoms with Crippen LogP contribution in [-0.2, 0) is 7.05 Å². The Bertz CT molecular complexity index is 1530. The summed E-state index contributed by atoms with van der Waals surface area (Å²) in [6.07, 6.45) is 4.94. The number of Topliss-reactive ketones (excluding diaryl/α,β-unsaturated/α-hetero) is 1. The SMILES string of the molecule is COc1ccc(C(=O)Nc2cnccc2NC(=O)c2ccc(OC)cc2OCCC(N)C(=O)c2cccn2C)cc1. The van der Waals surface area contributed by atoms with Crippen LogP contribution in [0.4, 0.5) is 11.4 Å². The second-order valence-corrected chi connectivity index (χ2v) is 9.03. The molecule has 2 amide bonds. The number of rotatable bonds is 12. The zero-order valence-corrected chi connectivity index (χ0v) is 22.9. The van der Waals surface area contributed by atoms with Crippen LogP contribution in [0, 0.1) is 0 Å². The van der Waals surface area contributed by atoms with E-state index in [1.165, 1.54) is 19.5 Å². The Morgan fingerprint density at radius 2 is 1.63 bits per heavy atom. The fraction of sp³-hybridized carbons (Fsp3) is 0.200. The molecular weight excluding hydrogens is 526 g/mol. The Morgan fingerprint density at radius 1 is 0.927 bits per heavy atom. The van der Waals surface area contributed by atoms with E-state index < -0.39 is 11.9 Å². The monoisotopic (exact) mass is 557 g/mol. The Balaban J connectivity index is 1.46. The topological polar surface area (TPSA) is 147 Å². The molecule has 0 saturated carbocycles. The summed E-state index contributed by atoms with van der Waals surface area (Å²) in [4.78, 5) is 42.9. The van der Waals surface area contributed by atoms with Crippen molar-refractivity contribution in [2.45, 2.75) is 12.5 Å². The van der Waals surface area contributed by atoms with Crippen molar-refractivity contribution in [1.82, 2.24) is 9.55 Å². The maximum Gasteiger partial charge on any atom is 0.259 e. The van der Waals surface area contributed by atoms with Crippen molar-refractivity contribution in [3.63, 3.8) is 0 Å². The molecule has 0 bridgehead atoms. The molecule has 0 aliphatic heterocycles. The number of nitrogens with zero attached hydrogens (tertiary/aromatic N) is 2. The third kappa shape index (κ3) is 7.08. The first-order valence-electron chi connectivity index (χ1n) is 12.7. The number of anilines is 2. The first-order chi connectivity index (χ1) is 19.8. The zero-order valence-electron chi connectivity index (χ0n) is 22.9. The fourth-order valence-electron chi connectivity index (χ4n) is 4.00. The number of aromatic nitrogens is 2. The van der Waals surface area contributed by atoms with Crippen LogP contribution in [0.3, 0.4) is 0 Å². The van der Waals surface area contributed by atoms with Gasteiger partial charge in [0.15, 0.2) is 5.78 Å². The van der Waals surface area contributed by atoms with Crippen LogP contribution in [0.5, 0.6) is 17.2 Å². The van der Waals surface area contributed by atoms with Crippen molar-refractivity contribution in [3.05, 3.63) is 96.1 Å². The van der Waals surface area contributed by atoms with Gasteiger partial charge >= 0.3 is 0 Å². The van der Waals surface area contributed by atoms with E-state index >= 15 is 0 Å². The van der Waals surface area contributed by atoms with E-state index in [0.29, 0.717) is 34.1 Å². The van der Waals surface area contributed by atoms with Gasteiger partial charge in [0.2, 0.25) is 0 Å². The summed E-state index contributed by atoms with van der Waals surface area (Å²) in [5, 5.41) is 5.58. The van der Waals surface area contributed by atoms with Gasteiger partial charge in [0.1, 0.15) is 17.2 Å². The van der Waals surface area contributed by atoms with Crippen molar-refractivity contribution in [3.8, 4) is 17.2 Å². The van der Waals surface area contributed by atoms with Gasteiger partial charge in [-0.25, -0.2) is 0 Å². The Morgan fingerprint density at radius 3 is 2.32 bits per heavy atom. The zero-order chi connectivity index (χ0) is 29.4. The van der Waals surface area contributed by atoms with E-state index in [4.69, 9.17) is 19.9 Å². The molecule has 1 atom stereocenters. The molecular formula is C30H31N5O6. The van der Waals surface area contributed by atoms with E-state index in [-0.39, 0.29) is 36.0 Å². The Hall–Kier alpha value is -5.16. The lowest BCUT2D eigenvalue weighted by Gasteiger charge is -2.16. The fourth-order valence-corrected chi connectivity index (χ4v) is 4.00. The number of nitrogens with two attached hydrogens (primary N) is 1. The standard InChI is InChI=1S/C30H31N5O6/c1-35-15-4-5-26(35)28(36)23(31)13-16-41-27-17-21(40-3)10-11-22(27)30(38)33-24-12-14-32-18-25(24)34-29(37)19-6-8-20(39-2)9-7-19/h4-12,14-15,17-18,23H,13,16,31H2,1-3H3,(H,34,37)(H,32,33,38). The Kier molecular flexibility index (Phi) is 9.33. The van der Waals surface area contributed by atoms with Gasteiger partial charge < -0.3 is 35.1 Å². The van der Waals surface area contributed by atoms with Crippen molar-refractivity contribution >= 4 is 29.0 Å². The van der Waals surface area contributed by atoms with E-state index in [0.717, 1.165) is 0 Å². The predicted octanol–water partition coefficient (Wildman–Crippen LogP) is 3.92. The molecule has 41 heavy (non-hydrogen) atoms. The number of carbonyl (C=O) groups is 3. The predicted molar refractivity (Wildman–Crippen MR) is 154 cm³/mol. The highest BCUT2D eigenvalue weighted by molar-refractivity contribution is 6.10. The van der Waals surface area contributed by atoms with Crippen molar-refractivity contribution in [2.75, 3.05) is 31.5 Å². The lowest BCUT2D eigenvalue weighted by Crippen LogP contribution is -2.33. The molecule has 4 N–H and O–H groups in total. The summed E-state index contributed by atoms with van der Waals surface area (Å²) in [5.74, 6) is 0.281. The summed E-state index contributed by atoms with van der Waals surface area (Å²) in [6.45, 7) is 0.0865. The average molecular weight is 558 g/mol. The second-order valence-electron chi connectivity index (χ2n) is 9.03. The van der Waals surface area contributed by atoms with Crippen LogP contribution in [-0.4, -0.2) is 54.0 Å². The number of amides is 2. The number of ketones is 1. The van der Waals surface area contributed by atoms with Gasteiger partial charge in [0, 0.05) is 37.5 Å². The molecule has 212 valence electrons. The summed E-state index contributed by atoms with van der Waals surface area (Å²) in [6, 6.07) is 15.7. The minimum Gasteiger partial charge on any atom is -0.497 e. The molecule has 0 saturated heterocycles. The van der Waals surface area contributed by atoms with Gasteiger partial charge in [-0.3, -0.25) is 19.4 Å². The first-order valence-corrected chi connectivity index (χ1v) is 12.7. The number of hydrogen-bond donors (Lipinski definition) is 3. The second kappa shape index (κ2) is 13.3. The molecule has 4 rings (SSSR count). The molecule has 11 heteroatoms. The number of pyridine rings is 1. The minimum absolute atomic E-state index is 0.0865. The van der Waals surface area contributed by atoms with Gasteiger partial charge in [-0.1, -0.05) is 0 Å². The largest absolute Gasteiger partial charge is 0.497 e. The van der Waals surface area contributed by atoms with Crippen LogP contribution >= 0.6 is 0 Å². The van der Waals surface area contributed by atoms with Crippen LogP contribution in [0.2, 0.25) is 0 Å². The summed E-state index contributed by atoms with van der Waals surface area (Å²) in [5.41, 5.74) is 7.89. The number of ether oxygens (including phenoxy) is 3. The maximum atomic E-state index is 13.4. The van der Waals surface area contributed by atoms with Crippen molar-refractivity contribution in [1.29, 1.82) is 0 Å². The average Bonchev–Trinajstić information content (AvgIpc) is 3.43. The van der Waals surface area contributed by atoms with Gasteiger partial charge in [0.05, 0.1) is 55.7 Å². The Labute approximate surface area is 237 Å². The molecule has 1 unspecified atom stereocenters. The molecule has 0 fully saturated rings. The molecule has 11 nitrogen and oxygen atoms in total. The molecule has 0 aliphatic carbocycles. The van der Waals surface area contributed by atoms with Gasteiger partial charge in [0.25, 0.3) is 11.8 Å². The molecule has 0 radical (unpaired) electrons. The molecule has 2 heterocycles. The molecule has 2 aromatic carbocycles. The summed E-state index contributed by atoms with van der Waals surface area (Å²) in [7, 11) is 4.82. The normalized spacial score (nSPS) is 11.3. The number of methoxy groups -OCH3 is 2. The van der Waals surface area contributed by atoms with Gasteiger partial charge in [-0.05, 0) is 54.6 Å². The van der Waals surface area contributed by atoms with Crippen LogP contribution in [0.15, 0.2) is 79.3 Å². The molecule has 2 aromatic heterocycles. The number of aryl methyl sites for hydroxylation is 1. The smallest absolute Gasteiger partial charge is 0.259 e. The third-order valence-corrected chi connectivity index (χ3v) is 6.32. The lowest BCUT2D eigenvalue weighted by molar-refractivity contribution is 0.0937. The number of carbonyl (C=O) groups excluding carboxylic acids is 3. The number of hydrogen-bond acceptors (Lipinski definition) is 8. The number of benzene rings is 2. The molecule has 0 aliphatic rings. The van der Waals surface area contributed by atoms with Gasteiger partial charge in [-0.15, -0.1) is 0 Å².